The minimum atomic E-state index is -0.336. The number of rotatable bonds is 3. The van der Waals surface area contributed by atoms with Gasteiger partial charge >= 0.3 is 0 Å². The lowest BCUT2D eigenvalue weighted by Gasteiger charge is -2.10. The van der Waals surface area contributed by atoms with Crippen LogP contribution in [-0.2, 0) is 11.3 Å². The van der Waals surface area contributed by atoms with Gasteiger partial charge in [-0.15, -0.1) is 0 Å². The molecule has 1 aromatic heterocycles. The number of carbonyl (C=O) groups excluding carboxylic acids is 1. The average molecular weight is 362 g/mol. The number of aromatic nitrogens is 2. The zero-order valence-electron chi connectivity index (χ0n) is 12.7. The van der Waals surface area contributed by atoms with E-state index in [0.29, 0.717) is 26.6 Å². The molecule has 5 nitrogen and oxygen atoms in total. The number of nitrogens with zero attached hydrogens (tertiary/aromatic N) is 2. The van der Waals surface area contributed by atoms with Crippen molar-refractivity contribution in [2.75, 3.05) is 5.32 Å². The first-order valence-electron chi connectivity index (χ1n) is 7.15. The van der Waals surface area contributed by atoms with Crippen LogP contribution in [-0.4, -0.2) is 15.5 Å². The van der Waals surface area contributed by atoms with Crippen LogP contribution < -0.4 is 10.9 Å². The molecule has 0 radical (unpaired) electrons. The van der Waals surface area contributed by atoms with Gasteiger partial charge in [-0.2, -0.15) is 0 Å². The van der Waals surface area contributed by atoms with Gasteiger partial charge in [-0.25, -0.2) is 4.98 Å². The highest BCUT2D eigenvalue weighted by molar-refractivity contribution is 6.31. The number of amides is 1. The van der Waals surface area contributed by atoms with E-state index >= 15 is 0 Å². The Bertz CT molecular complexity index is 999. The van der Waals surface area contributed by atoms with E-state index in [1.807, 2.05) is 13.0 Å². The van der Waals surface area contributed by atoms with Crippen molar-refractivity contribution in [2.24, 2.45) is 0 Å². The van der Waals surface area contributed by atoms with E-state index in [-0.39, 0.29) is 18.0 Å². The quantitative estimate of drug-likeness (QED) is 0.774. The number of carbonyl (C=O) groups is 1. The van der Waals surface area contributed by atoms with Gasteiger partial charge in [0.05, 0.1) is 17.2 Å². The van der Waals surface area contributed by atoms with Gasteiger partial charge in [-0.1, -0.05) is 29.3 Å². The largest absolute Gasteiger partial charge is 0.324 e. The summed E-state index contributed by atoms with van der Waals surface area (Å²) in [5.41, 5.74) is 1.69. The van der Waals surface area contributed by atoms with E-state index in [0.717, 1.165) is 5.56 Å². The van der Waals surface area contributed by atoms with Crippen LogP contribution in [0.4, 0.5) is 5.69 Å². The molecule has 0 aliphatic heterocycles. The maximum atomic E-state index is 12.4. The second-order valence-electron chi connectivity index (χ2n) is 5.35. The Balaban J connectivity index is 1.85. The van der Waals surface area contributed by atoms with Crippen LogP contribution in [0.25, 0.3) is 10.9 Å². The van der Waals surface area contributed by atoms with Crippen molar-refractivity contribution in [3.05, 3.63) is 68.7 Å². The second-order valence-corrected chi connectivity index (χ2v) is 6.22. The van der Waals surface area contributed by atoms with Crippen molar-refractivity contribution in [1.29, 1.82) is 0 Å². The first kappa shape index (κ1) is 16.5. The van der Waals surface area contributed by atoms with E-state index in [1.54, 1.807) is 30.3 Å². The topological polar surface area (TPSA) is 64.0 Å². The summed E-state index contributed by atoms with van der Waals surface area (Å²) in [6.07, 6.45) is 1.34. The number of hydrogen-bond acceptors (Lipinski definition) is 3. The molecule has 1 heterocycles. The third-order valence-electron chi connectivity index (χ3n) is 3.57. The van der Waals surface area contributed by atoms with Gasteiger partial charge in [0.2, 0.25) is 5.91 Å². The van der Waals surface area contributed by atoms with Crippen LogP contribution in [0, 0.1) is 6.92 Å². The Kier molecular flexibility index (Phi) is 4.55. The first-order chi connectivity index (χ1) is 11.4. The van der Waals surface area contributed by atoms with E-state index in [9.17, 15) is 9.59 Å². The zero-order valence-corrected chi connectivity index (χ0v) is 14.2. The van der Waals surface area contributed by atoms with Gasteiger partial charge in [0.25, 0.3) is 5.56 Å². The molecule has 0 unspecified atom stereocenters. The highest BCUT2D eigenvalue weighted by Gasteiger charge is 2.10. The summed E-state index contributed by atoms with van der Waals surface area (Å²) in [7, 11) is 0. The minimum Gasteiger partial charge on any atom is -0.324 e. The number of halogens is 2. The van der Waals surface area contributed by atoms with Gasteiger partial charge in [0, 0.05) is 15.7 Å². The zero-order chi connectivity index (χ0) is 17.3. The molecule has 0 spiro atoms. The SMILES string of the molecule is Cc1ccc(Cl)cc1NC(=O)Cn1cnc2cc(Cl)ccc2c1=O. The fraction of sp³-hybridized carbons (Fsp3) is 0.118. The van der Waals surface area contributed by atoms with Crippen LogP contribution in [0.3, 0.4) is 0 Å². The molecule has 0 atom stereocenters. The molecular weight excluding hydrogens is 349 g/mol. The monoisotopic (exact) mass is 361 g/mol. The average Bonchev–Trinajstić information content (AvgIpc) is 2.53. The van der Waals surface area contributed by atoms with Crippen LogP contribution in [0.15, 0.2) is 47.5 Å². The number of benzene rings is 2. The van der Waals surface area contributed by atoms with E-state index < -0.39 is 0 Å². The van der Waals surface area contributed by atoms with Gasteiger partial charge in [-0.05, 0) is 42.8 Å². The summed E-state index contributed by atoms with van der Waals surface area (Å²) in [4.78, 5) is 28.8. The molecule has 0 saturated heterocycles. The minimum absolute atomic E-state index is 0.143. The molecule has 7 heteroatoms. The normalized spacial score (nSPS) is 10.8. The van der Waals surface area contributed by atoms with Crippen LogP contribution in [0.2, 0.25) is 10.0 Å². The maximum Gasteiger partial charge on any atom is 0.261 e. The van der Waals surface area contributed by atoms with Gasteiger partial charge in [-0.3, -0.25) is 14.2 Å². The molecule has 0 bridgehead atoms. The van der Waals surface area contributed by atoms with Crippen molar-refractivity contribution >= 4 is 45.7 Å². The molecule has 1 N–H and O–H groups in total. The Morgan fingerprint density at radius 2 is 1.88 bits per heavy atom. The molecule has 122 valence electrons. The standard InChI is InChI=1S/C17H13Cl2N3O2/c1-10-2-3-11(18)6-14(10)21-16(23)8-22-9-20-15-7-12(19)4-5-13(15)17(22)24/h2-7,9H,8H2,1H3,(H,21,23). The maximum absolute atomic E-state index is 12.4. The molecule has 2 aromatic carbocycles. The summed E-state index contributed by atoms with van der Waals surface area (Å²) >= 11 is 11.8. The number of fused-ring (bicyclic) bond motifs is 1. The highest BCUT2D eigenvalue weighted by atomic mass is 35.5. The predicted molar refractivity (Wildman–Crippen MR) is 95.8 cm³/mol. The lowest BCUT2D eigenvalue weighted by molar-refractivity contribution is -0.116. The van der Waals surface area contributed by atoms with E-state index in [2.05, 4.69) is 10.3 Å². The third-order valence-corrected chi connectivity index (χ3v) is 4.05. The molecule has 3 aromatic rings. The molecule has 24 heavy (non-hydrogen) atoms. The van der Waals surface area contributed by atoms with Crippen molar-refractivity contribution in [3.63, 3.8) is 0 Å². The molecule has 3 rings (SSSR count). The summed E-state index contributed by atoms with van der Waals surface area (Å²) in [6.45, 7) is 1.72. The van der Waals surface area contributed by atoms with Gasteiger partial charge in [0.1, 0.15) is 6.54 Å². The lowest BCUT2D eigenvalue weighted by Crippen LogP contribution is -2.28. The number of hydrogen-bond donors (Lipinski definition) is 1. The van der Waals surface area contributed by atoms with E-state index in [4.69, 9.17) is 23.2 Å². The van der Waals surface area contributed by atoms with Gasteiger partial charge < -0.3 is 5.32 Å². The summed E-state index contributed by atoms with van der Waals surface area (Å²) < 4.78 is 1.26. The third kappa shape index (κ3) is 3.42. The molecule has 0 fully saturated rings. The number of aryl methyl sites for hydroxylation is 1. The Morgan fingerprint density at radius 1 is 1.17 bits per heavy atom. The smallest absolute Gasteiger partial charge is 0.261 e. The van der Waals surface area contributed by atoms with Crippen LogP contribution >= 0.6 is 23.2 Å². The molecule has 0 aliphatic carbocycles. The highest BCUT2D eigenvalue weighted by Crippen LogP contribution is 2.20. The Hall–Kier alpha value is -2.37. The Morgan fingerprint density at radius 3 is 2.67 bits per heavy atom. The Labute approximate surface area is 147 Å². The van der Waals surface area contributed by atoms with Crippen molar-refractivity contribution in [2.45, 2.75) is 13.5 Å². The number of nitrogens with one attached hydrogen (secondary N) is 1. The van der Waals surface area contributed by atoms with Gasteiger partial charge in [0.15, 0.2) is 0 Å². The predicted octanol–water partition coefficient (Wildman–Crippen LogP) is 3.65. The summed E-state index contributed by atoms with van der Waals surface area (Å²) in [6, 6.07) is 10.0. The molecule has 0 aliphatic rings. The lowest BCUT2D eigenvalue weighted by atomic mass is 10.2. The van der Waals surface area contributed by atoms with Crippen molar-refractivity contribution < 1.29 is 4.79 Å². The fourth-order valence-corrected chi connectivity index (χ4v) is 2.66. The molecular formula is C17H13Cl2N3O2. The van der Waals surface area contributed by atoms with Crippen molar-refractivity contribution in [3.8, 4) is 0 Å². The summed E-state index contributed by atoms with van der Waals surface area (Å²) in [5, 5.41) is 4.19. The summed E-state index contributed by atoms with van der Waals surface area (Å²) in [5.74, 6) is -0.336. The fourth-order valence-electron chi connectivity index (χ4n) is 2.32. The van der Waals surface area contributed by atoms with Crippen LogP contribution in [0.5, 0.6) is 0 Å². The van der Waals surface area contributed by atoms with E-state index in [1.165, 1.54) is 10.9 Å². The molecule has 0 saturated carbocycles. The second kappa shape index (κ2) is 6.63. The number of anilines is 1. The van der Waals surface area contributed by atoms with Crippen LogP contribution in [0.1, 0.15) is 5.56 Å². The van der Waals surface area contributed by atoms with Crippen molar-refractivity contribution in [1.82, 2.24) is 9.55 Å². The molecule has 1 amide bonds. The first-order valence-corrected chi connectivity index (χ1v) is 7.90.